The zero-order valence-corrected chi connectivity index (χ0v) is 20.7. The number of halogens is 2. The third-order valence-electron chi connectivity index (χ3n) is 4.33. The van der Waals surface area contributed by atoms with Gasteiger partial charge in [-0.2, -0.15) is 0 Å². The molecule has 1 unspecified atom stereocenters. The molecular formula is C22H22BrClN4O3S. The zero-order valence-electron chi connectivity index (χ0n) is 17.5. The van der Waals surface area contributed by atoms with Crippen molar-refractivity contribution >= 4 is 50.9 Å². The standard InChI is InChI=1S/C22H22BrClN4O3S/c1-4-11-28-21(14(2)31-19-8-6-5-7-18(19)30-3)26-27-22(28)32-13-20(29)25-15-9-10-16(23)17(24)12-15/h4-10,12,14H,1,11,13H2,2-3H3,(H,25,29). The number of anilines is 1. The molecule has 0 saturated heterocycles. The maximum absolute atomic E-state index is 12.4. The highest BCUT2D eigenvalue weighted by Gasteiger charge is 2.21. The van der Waals surface area contributed by atoms with E-state index in [1.807, 2.05) is 35.8 Å². The predicted molar refractivity (Wildman–Crippen MR) is 131 cm³/mol. The van der Waals surface area contributed by atoms with Gasteiger partial charge in [0.1, 0.15) is 0 Å². The first-order valence-electron chi connectivity index (χ1n) is 9.64. The van der Waals surface area contributed by atoms with Crippen molar-refractivity contribution in [3.63, 3.8) is 0 Å². The van der Waals surface area contributed by atoms with Crippen molar-refractivity contribution in [3.8, 4) is 11.5 Å². The van der Waals surface area contributed by atoms with Crippen molar-refractivity contribution in [1.29, 1.82) is 0 Å². The molecule has 0 spiro atoms. The highest BCUT2D eigenvalue weighted by molar-refractivity contribution is 9.10. The lowest BCUT2D eigenvalue weighted by Gasteiger charge is -2.17. The Balaban J connectivity index is 1.69. The average Bonchev–Trinajstić information content (AvgIpc) is 3.18. The van der Waals surface area contributed by atoms with Crippen molar-refractivity contribution in [2.75, 3.05) is 18.2 Å². The van der Waals surface area contributed by atoms with E-state index in [1.165, 1.54) is 11.8 Å². The van der Waals surface area contributed by atoms with Gasteiger partial charge in [-0.05, 0) is 53.2 Å². The number of rotatable bonds is 10. The van der Waals surface area contributed by atoms with Crippen LogP contribution in [0.15, 0.2) is 64.7 Å². The number of hydrogen-bond donors (Lipinski definition) is 1. The summed E-state index contributed by atoms with van der Waals surface area (Å²) < 4.78 is 14.1. The third-order valence-corrected chi connectivity index (χ3v) is 6.53. The van der Waals surface area contributed by atoms with E-state index in [-0.39, 0.29) is 11.7 Å². The summed E-state index contributed by atoms with van der Waals surface area (Å²) in [6.07, 6.45) is 1.35. The van der Waals surface area contributed by atoms with Gasteiger partial charge in [0.2, 0.25) is 5.91 Å². The average molecular weight is 538 g/mol. The lowest BCUT2D eigenvalue weighted by Crippen LogP contribution is -2.15. The molecule has 1 heterocycles. The summed E-state index contributed by atoms with van der Waals surface area (Å²) >= 11 is 10.7. The minimum atomic E-state index is -0.396. The van der Waals surface area contributed by atoms with Gasteiger partial charge in [0, 0.05) is 16.7 Å². The van der Waals surface area contributed by atoms with Gasteiger partial charge in [0.25, 0.3) is 0 Å². The molecule has 3 aromatic rings. The molecule has 10 heteroatoms. The maximum atomic E-state index is 12.4. The quantitative estimate of drug-likeness (QED) is 0.262. The van der Waals surface area contributed by atoms with Crippen molar-refractivity contribution in [2.24, 2.45) is 0 Å². The molecule has 1 amide bonds. The lowest BCUT2D eigenvalue weighted by molar-refractivity contribution is -0.113. The number of aromatic nitrogens is 3. The van der Waals surface area contributed by atoms with Gasteiger partial charge in [0.15, 0.2) is 28.6 Å². The van der Waals surface area contributed by atoms with Gasteiger partial charge in [-0.25, -0.2) is 0 Å². The second-order valence-electron chi connectivity index (χ2n) is 6.62. The Morgan fingerprint density at radius 2 is 2.06 bits per heavy atom. The summed E-state index contributed by atoms with van der Waals surface area (Å²) in [4.78, 5) is 12.4. The van der Waals surface area contributed by atoms with Crippen molar-refractivity contribution in [2.45, 2.75) is 24.7 Å². The fourth-order valence-corrected chi connectivity index (χ4v) is 4.05. The Hall–Kier alpha value is -2.49. The van der Waals surface area contributed by atoms with Crippen LogP contribution in [0.25, 0.3) is 0 Å². The summed E-state index contributed by atoms with van der Waals surface area (Å²) in [7, 11) is 1.59. The van der Waals surface area contributed by atoms with Crippen LogP contribution in [0.5, 0.6) is 11.5 Å². The number of benzene rings is 2. The van der Waals surface area contributed by atoms with Gasteiger partial charge in [-0.15, -0.1) is 16.8 Å². The van der Waals surface area contributed by atoms with E-state index < -0.39 is 6.10 Å². The number of para-hydroxylation sites is 2. The number of hydrogen-bond acceptors (Lipinski definition) is 6. The second kappa shape index (κ2) is 11.4. The maximum Gasteiger partial charge on any atom is 0.234 e. The second-order valence-corrected chi connectivity index (χ2v) is 8.82. The van der Waals surface area contributed by atoms with E-state index in [2.05, 4.69) is 38.0 Å². The molecule has 0 bridgehead atoms. The van der Waals surface area contributed by atoms with Crippen LogP contribution in [0.3, 0.4) is 0 Å². The van der Waals surface area contributed by atoms with Crippen LogP contribution in [0.1, 0.15) is 18.9 Å². The minimum Gasteiger partial charge on any atom is -0.493 e. The Bertz CT molecular complexity index is 1110. The number of thioether (sulfide) groups is 1. The normalized spacial score (nSPS) is 11.6. The van der Waals surface area contributed by atoms with Crippen LogP contribution in [-0.2, 0) is 11.3 Å². The third kappa shape index (κ3) is 6.05. The Morgan fingerprint density at radius 1 is 1.31 bits per heavy atom. The number of nitrogens with zero attached hydrogens (tertiary/aromatic N) is 3. The summed E-state index contributed by atoms with van der Waals surface area (Å²) in [6, 6.07) is 12.6. The van der Waals surface area contributed by atoms with Crippen molar-refractivity contribution < 1.29 is 14.3 Å². The van der Waals surface area contributed by atoms with E-state index in [0.717, 1.165) is 4.47 Å². The molecule has 1 N–H and O–H groups in total. The van der Waals surface area contributed by atoms with E-state index in [0.29, 0.717) is 39.7 Å². The molecule has 7 nitrogen and oxygen atoms in total. The number of nitrogens with one attached hydrogen (secondary N) is 1. The van der Waals surface area contributed by atoms with E-state index in [4.69, 9.17) is 21.1 Å². The fraction of sp³-hybridized carbons (Fsp3) is 0.227. The lowest BCUT2D eigenvalue weighted by atomic mass is 10.3. The predicted octanol–water partition coefficient (Wildman–Crippen LogP) is 5.76. The number of carbonyl (C=O) groups excluding carboxylic acids is 1. The summed E-state index contributed by atoms with van der Waals surface area (Å²) in [5.74, 6) is 1.84. The largest absolute Gasteiger partial charge is 0.493 e. The summed E-state index contributed by atoms with van der Waals surface area (Å²) in [6.45, 7) is 6.18. The molecule has 0 aliphatic carbocycles. The summed E-state index contributed by atoms with van der Waals surface area (Å²) in [5.41, 5.74) is 0.621. The SMILES string of the molecule is C=CCn1c(SCC(=O)Nc2ccc(Br)c(Cl)c2)nnc1C(C)Oc1ccccc1OC. The molecule has 0 saturated carbocycles. The highest BCUT2D eigenvalue weighted by atomic mass is 79.9. The zero-order chi connectivity index (χ0) is 23.1. The van der Waals surface area contributed by atoms with Gasteiger partial charge >= 0.3 is 0 Å². The molecular weight excluding hydrogens is 516 g/mol. The van der Waals surface area contributed by atoms with E-state index in [9.17, 15) is 4.79 Å². The van der Waals surface area contributed by atoms with Gasteiger partial charge < -0.3 is 14.8 Å². The Labute approximate surface area is 204 Å². The molecule has 1 atom stereocenters. The molecule has 0 radical (unpaired) electrons. The van der Waals surface area contributed by atoms with Gasteiger partial charge in [0.05, 0.1) is 17.9 Å². The number of carbonyl (C=O) groups is 1. The van der Waals surface area contributed by atoms with Crippen LogP contribution in [0, 0.1) is 0 Å². The van der Waals surface area contributed by atoms with Gasteiger partial charge in [-0.1, -0.05) is 41.6 Å². The molecule has 0 aliphatic rings. The van der Waals surface area contributed by atoms with Crippen LogP contribution < -0.4 is 14.8 Å². The topological polar surface area (TPSA) is 78.3 Å². The molecule has 32 heavy (non-hydrogen) atoms. The number of methoxy groups -OCH3 is 1. The van der Waals surface area contributed by atoms with Crippen LogP contribution in [0.4, 0.5) is 5.69 Å². The molecule has 0 fully saturated rings. The Morgan fingerprint density at radius 3 is 2.75 bits per heavy atom. The first-order valence-corrected chi connectivity index (χ1v) is 11.8. The van der Waals surface area contributed by atoms with Crippen LogP contribution in [0.2, 0.25) is 5.02 Å². The monoisotopic (exact) mass is 536 g/mol. The highest BCUT2D eigenvalue weighted by Crippen LogP contribution is 2.31. The van der Waals surface area contributed by atoms with E-state index in [1.54, 1.807) is 31.4 Å². The first-order chi connectivity index (χ1) is 15.4. The number of ether oxygens (including phenoxy) is 2. The summed E-state index contributed by atoms with van der Waals surface area (Å²) in [5, 5.41) is 12.5. The molecule has 2 aromatic carbocycles. The minimum absolute atomic E-state index is 0.157. The molecule has 0 aliphatic heterocycles. The van der Waals surface area contributed by atoms with Crippen molar-refractivity contribution in [3.05, 3.63) is 70.4 Å². The smallest absolute Gasteiger partial charge is 0.234 e. The van der Waals surface area contributed by atoms with Gasteiger partial charge in [-0.3, -0.25) is 9.36 Å². The first kappa shape index (κ1) is 24.2. The van der Waals surface area contributed by atoms with Crippen molar-refractivity contribution in [1.82, 2.24) is 14.8 Å². The van der Waals surface area contributed by atoms with Crippen LogP contribution >= 0.6 is 39.3 Å². The molecule has 1 aromatic heterocycles. The number of amides is 1. The molecule has 3 rings (SSSR count). The van der Waals surface area contributed by atoms with Crippen LogP contribution in [-0.4, -0.2) is 33.5 Å². The Kier molecular flexibility index (Phi) is 8.60. The number of allylic oxidation sites excluding steroid dienone is 1. The fourth-order valence-electron chi connectivity index (χ4n) is 2.87. The molecule has 168 valence electrons. The van der Waals surface area contributed by atoms with E-state index >= 15 is 0 Å².